The summed E-state index contributed by atoms with van der Waals surface area (Å²) in [7, 11) is 0. The van der Waals surface area contributed by atoms with Crippen LogP contribution in [0.5, 0.6) is 5.75 Å². The topological polar surface area (TPSA) is 83.6 Å². The van der Waals surface area contributed by atoms with Crippen molar-refractivity contribution in [1.29, 1.82) is 0 Å². The Balaban J connectivity index is 1.24. The highest BCUT2D eigenvalue weighted by atomic mass is 16.5. The van der Waals surface area contributed by atoms with Gasteiger partial charge in [-0.05, 0) is 74.4 Å². The summed E-state index contributed by atoms with van der Waals surface area (Å²) in [4.78, 5) is 31.6. The number of allylic oxidation sites excluding steroid dienone is 1. The number of aryl methyl sites for hydroxylation is 1. The minimum absolute atomic E-state index is 0.0700. The Kier molecular flexibility index (Phi) is 6.37. The van der Waals surface area contributed by atoms with E-state index in [4.69, 9.17) is 4.74 Å². The van der Waals surface area contributed by atoms with Gasteiger partial charge >= 0.3 is 0 Å². The molecule has 3 unspecified atom stereocenters. The van der Waals surface area contributed by atoms with Crippen LogP contribution in [0.15, 0.2) is 48.8 Å². The second-order valence-corrected chi connectivity index (χ2v) is 9.65. The van der Waals surface area contributed by atoms with Crippen molar-refractivity contribution in [3.8, 4) is 5.75 Å². The van der Waals surface area contributed by atoms with E-state index in [1.807, 2.05) is 31.3 Å². The minimum Gasteiger partial charge on any atom is -0.489 e. The number of aromatic nitrogens is 1. The molecule has 0 bridgehead atoms. The number of piperidine rings is 1. The fourth-order valence-electron chi connectivity index (χ4n) is 5.19. The summed E-state index contributed by atoms with van der Waals surface area (Å²) >= 11 is 0. The Morgan fingerprint density at radius 2 is 2.03 bits per heavy atom. The summed E-state index contributed by atoms with van der Waals surface area (Å²) in [5, 5.41) is 6.43. The molecule has 1 saturated carbocycles. The molecule has 5 rings (SSSR count). The second-order valence-electron chi connectivity index (χ2n) is 9.65. The van der Waals surface area contributed by atoms with Crippen molar-refractivity contribution in [2.24, 2.45) is 0 Å². The zero-order chi connectivity index (χ0) is 23.7. The minimum atomic E-state index is -0.447. The van der Waals surface area contributed by atoms with Crippen molar-refractivity contribution in [3.63, 3.8) is 0 Å². The predicted molar refractivity (Wildman–Crippen MR) is 129 cm³/mol. The molecule has 3 aliphatic rings. The molecule has 1 saturated heterocycles. The van der Waals surface area contributed by atoms with Gasteiger partial charge in [-0.1, -0.05) is 19.1 Å². The molecule has 1 aromatic heterocycles. The lowest BCUT2D eigenvalue weighted by Gasteiger charge is -2.32. The van der Waals surface area contributed by atoms with E-state index in [1.54, 1.807) is 4.90 Å². The largest absolute Gasteiger partial charge is 0.489 e. The molecule has 2 aliphatic heterocycles. The molecule has 34 heavy (non-hydrogen) atoms. The molecule has 2 fully saturated rings. The monoisotopic (exact) mass is 460 g/mol. The normalized spacial score (nSPS) is 24.7. The molecule has 0 radical (unpaired) electrons. The molecule has 178 valence electrons. The lowest BCUT2D eigenvalue weighted by Crippen LogP contribution is -2.49. The van der Waals surface area contributed by atoms with Crippen molar-refractivity contribution in [2.45, 2.75) is 76.7 Å². The average molecular weight is 461 g/mol. The van der Waals surface area contributed by atoms with Crippen molar-refractivity contribution in [3.05, 3.63) is 71.2 Å². The number of rotatable bonds is 6. The van der Waals surface area contributed by atoms with Crippen LogP contribution < -0.4 is 15.4 Å². The number of nitrogens with zero attached hydrogens (tertiary/aromatic N) is 2. The molecule has 1 aliphatic carbocycles. The molecule has 7 heteroatoms. The third-order valence-electron chi connectivity index (χ3n) is 7.12. The van der Waals surface area contributed by atoms with Gasteiger partial charge in [-0.25, -0.2) is 0 Å². The quantitative estimate of drug-likeness (QED) is 0.688. The van der Waals surface area contributed by atoms with E-state index in [0.29, 0.717) is 31.5 Å². The number of carbonyl (C=O) groups excluding carboxylic acids is 2. The maximum Gasteiger partial charge on any atom is 0.255 e. The number of nitrogens with one attached hydrogen (secondary N) is 2. The molecular formula is C27H32N4O3. The van der Waals surface area contributed by atoms with E-state index in [0.717, 1.165) is 47.5 Å². The summed E-state index contributed by atoms with van der Waals surface area (Å²) in [6.07, 6.45) is 7.66. The number of amides is 2. The lowest BCUT2D eigenvalue weighted by molar-refractivity contribution is -0.126. The summed E-state index contributed by atoms with van der Waals surface area (Å²) in [6.45, 7) is 7.02. The van der Waals surface area contributed by atoms with Gasteiger partial charge in [0.2, 0.25) is 5.91 Å². The third-order valence-corrected chi connectivity index (χ3v) is 7.12. The van der Waals surface area contributed by atoms with Crippen LogP contribution in [0.3, 0.4) is 0 Å². The van der Waals surface area contributed by atoms with Gasteiger partial charge in [0.25, 0.3) is 5.91 Å². The van der Waals surface area contributed by atoms with Crippen molar-refractivity contribution >= 4 is 11.8 Å². The van der Waals surface area contributed by atoms with E-state index >= 15 is 0 Å². The molecule has 3 heterocycles. The first kappa shape index (κ1) is 22.6. The van der Waals surface area contributed by atoms with Crippen LogP contribution in [-0.4, -0.2) is 39.9 Å². The van der Waals surface area contributed by atoms with Gasteiger partial charge in [0, 0.05) is 36.6 Å². The Hall–Kier alpha value is -3.19. The van der Waals surface area contributed by atoms with Crippen molar-refractivity contribution < 1.29 is 14.3 Å². The van der Waals surface area contributed by atoms with Crippen LogP contribution >= 0.6 is 0 Å². The van der Waals surface area contributed by atoms with E-state index in [9.17, 15) is 9.59 Å². The lowest BCUT2D eigenvalue weighted by atomic mass is 9.92. The number of pyridine rings is 1. The Labute approximate surface area is 200 Å². The van der Waals surface area contributed by atoms with Gasteiger partial charge in [0.05, 0.1) is 5.69 Å². The summed E-state index contributed by atoms with van der Waals surface area (Å²) in [5.41, 5.74) is 4.49. The van der Waals surface area contributed by atoms with Crippen molar-refractivity contribution in [1.82, 2.24) is 20.5 Å². The van der Waals surface area contributed by atoms with Crippen LogP contribution in [0.1, 0.15) is 65.7 Å². The highest BCUT2D eigenvalue weighted by Gasteiger charge is 2.38. The molecule has 2 amide bonds. The average Bonchev–Trinajstić information content (AvgIpc) is 3.15. The van der Waals surface area contributed by atoms with Crippen LogP contribution in [0.25, 0.3) is 0 Å². The maximum atomic E-state index is 13.0. The first-order valence-corrected chi connectivity index (χ1v) is 12.2. The van der Waals surface area contributed by atoms with E-state index in [1.165, 1.54) is 6.42 Å². The van der Waals surface area contributed by atoms with E-state index in [2.05, 4.69) is 34.3 Å². The zero-order valence-corrected chi connectivity index (χ0v) is 19.7. The second kappa shape index (κ2) is 9.58. The molecular weight excluding hydrogens is 428 g/mol. The maximum absolute atomic E-state index is 13.0. The Bertz CT molecular complexity index is 1100. The van der Waals surface area contributed by atoms with Gasteiger partial charge in [-0.2, -0.15) is 0 Å². The molecule has 1 aromatic carbocycles. The summed E-state index contributed by atoms with van der Waals surface area (Å²) in [5.74, 6) is 0.548. The highest BCUT2D eigenvalue weighted by molar-refractivity contribution is 6.01. The first-order chi connectivity index (χ1) is 16.5. The SMILES string of the molecule is C=C1CCC(N2Cc3cc(OC4CCCCC4NCc4ccc(C)cn4)ccc3C2=O)C(=O)N1. The van der Waals surface area contributed by atoms with E-state index < -0.39 is 6.04 Å². The number of benzene rings is 1. The number of carbonyl (C=O) groups is 2. The van der Waals surface area contributed by atoms with Gasteiger partial charge in [0.1, 0.15) is 17.9 Å². The van der Waals surface area contributed by atoms with Crippen LogP contribution in [0.4, 0.5) is 0 Å². The fraction of sp³-hybridized carbons (Fsp3) is 0.444. The Morgan fingerprint density at radius 3 is 2.82 bits per heavy atom. The number of hydrogen-bond acceptors (Lipinski definition) is 5. The van der Waals surface area contributed by atoms with Gasteiger partial charge in [-0.15, -0.1) is 0 Å². The van der Waals surface area contributed by atoms with Gasteiger partial charge < -0.3 is 20.3 Å². The Morgan fingerprint density at radius 1 is 1.18 bits per heavy atom. The smallest absolute Gasteiger partial charge is 0.255 e. The fourth-order valence-corrected chi connectivity index (χ4v) is 5.19. The molecule has 7 nitrogen and oxygen atoms in total. The summed E-state index contributed by atoms with van der Waals surface area (Å²) < 4.78 is 6.45. The third kappa shape index (κ3) is 4.71. The number of ether oxygens (including phenoxy) is 1. The number of fused-ring (bicyclic) bond motifs is 1. The standard InChI is InChI=1S/C27H32N4O3/c1-17-7-9-20(28-14-17)15-29-23-5-3-4-6-25(23)34-21-10-11-22-19(13-21)16-31(27(22)33)24-12-8-18(2)30-26(24)32/h7,9-11,13-14,23-25,29H,2-6,8,12,15-16H2,1H3,(H,30,32). The molecule has 2 aromatic rings. The van der Waals surface area contributed by atoms with Crippen molar-refractivity contribution in [2.75, 3.05) is 0 Å². The van der Waals surface area contributed by atoms with Gasteiger partial charge in [0.15, 0.2) is 0 Å². The predicted octanol–water partition coefficient (Wildman–Crippen LogP) is 3.62. The van der Waals surface area contributed by atoms with Crippen LogP contribution in [-0.2, 0) is 17.9 Å². The zero-order valence-electron chi connectivity index (χ0n) is 19.7. The molecule has 3 atom stereocenters. The van der Waals surface area contributed by atoms with Gasteiger partial charge in [-0.3, -0.25) is 14.6 Å². The van der Waals surface area contributed by atoms with Crippen LogP contribution in [0.2, 0.25) is 0 Å². The first-order valence-electron chi connectivity index (χ1n) is 12.2. The van der Waals surface area contributed by atoms with E-state index in [-0.39, 0.29) is 24.0 Å². The highest BCUT2D eigenvalue weighted by Crippen LogP contribution is 2.32. The molecule has 0 spiro atoms. The summed E-state index contributed by atoms with van der Waals surface area (Å²) in [6, 6.07) is 9.65. The molecule has 2 N–H and O–H groups in total. The number of hydrogen-bond donors (Lipinski definition) is 2. The van der Waals surface area contributed by atoms with Crippen LogP contribution in [0, 0.1) is 6.92 Å².